The third-order valence-corrected chi connectivity index (χ3v) is 3.60. The average Bonchev–Trinajstić information content (AvgIpc) is 2.98. The Morgan fingerprint density at radius 1 is 1.33 bits per heavy atom. The maximum absolute atomic E-state index is 11.2. The number of hydrogen-bond acceptors (Lipinski definition) is 4. The van der Waals surface area contributed by atoms with Crippen LogP contribution < -0.4 is 0 Å². The van der Waals surface area contributed by atoms with Crippen molar-refractivity contribution in [3.8, 4) is 11.3 Å². The lowest BCUT2D eigenvalue weighted by Gasteiger charge is -2.00. The molecule has 90 valence electrons. The number of hydrogen-bond donors (Lipinski definition) is 0. The van der Waals surface area contributed by atoms with E-state index < -0.39 is 0 Å². The van der Waals surface area contributed by atoms with Crippen LogP contribution in [-0.2, 0) is 6.42 Å². The van der Waals surface area contributed by atoms with E-state index >= 15 is 0 Å². The highest BCUT2D eigenvalue weighted by molar-refractivity contribution is 7.14. The van der Waals surface area contributed by atoms with Gasteiger partial charge in [0.05, 0.1) is 0 Å². The normalized spacial score (nSPS) is 10.9. The summed E-state index contributed by atoms with van der Waals surface area (Å²) in [7, 11) is 0. The minimum atomic E-state index is 0.510. The number of carbonyl (C=O) groups excluding carboxylic acids is 1. The SMILES string of the molecule is CCc1ccc(-c2nc3scnn3c2C=O)cc1. The lowest BCUT2D eigenvalue weighted by atomic mass is 10.1. The van der Waals surface area contributed by atoms with Gasteiger partial charge in [0.15, 0.2) is 6.29 Å². The quantitative estimate of drug-likeness (QED) is 0.678. The first-order valence-electron chi connectivity index (χ1n) is 5.70. The third kappa shape index (κ3) is 1.64. The maximum atomic E-state index is 11.2. The number of rotatable bonds is 3. The highest BCUT2D eigenvalue weighted by Gasteiger charge is 2.14. The molecule has 1 aromatic carbocycles. The number of aromatic nitrogens is 3. The molecule has 0 fully saturated rings. The second kappa shape index (κ2) is 4.34. The summed E-state index contributed by atoms with van der Waals surface area (Å²) in [5, 5.41) is 4.11. The second-order valence-corrected chi connectivity index (χ2v) is 4.76. The van der Waals surface area contributed by atoms with Crippen LogP contribution in [0.5, 0.6) is 0 Å². The highest BCUT2D eigenvalue weighted by atomic mass is 32.1. The zero-order valence-corrected chi connectivity index (χ0v) is 10.6. The van der Waals surface area contributed by atoms with Crippen LogP contribution in [0.25, 0.3) is 16.2 Å². The molecule has 3 aromatic rings. The van der Waals surface area contributed by atoms with Crippen LogP contribution >= 0.6 is 11.3 Å². The molecule has 0 unspecified atom stereocenters. The first kappa shape index (κ1) is 11.1. The van der Waals surface area contributed by atoms with E-state index in [9.17, 15) is 4.79 Å². The van der Waals surface area contributed by atoms with Crippen LogP contribution in [0.2, 0.25) is 0 Å². The zero-order chi connectivity index (χ0) is 12.5. The van der Waals surface area contributed by atoms with Crippen molar-refractivity contribution in [1.82, 2.24) is 14.6 Å². The molecule has 4 nitrogen and oxygen atoms in total. The van der Waals surface area contributed by atoms with E-state index in [4.69, 9.17) is 0 Å². The first-order valence-corrected chi connectivity index (χ1v) is 6.58. The fourth-order valence-corrected chi connectivity index (χ4v) is 2.55. The summed E-state index contributed by atoms with van der Waals surface area (Å²) < 4.78 is 1.58. The Bertz CT molecular complexity index is 697. The molecular weight excluding hydrogens is 246 g/mol. The Morgan fingerprint density at radius 2 is 2.11 bits per heavy atom. The summed E-state index contributed by atoms with van der Waals surface area (Å²) in [6.07, 6.45) is 1.81. The fraction of sp³-hybridized carbons (Fsp3) is 0.154. The van der Waals surface area contributed by atoms with Gasteiger partial charge < -0.3 is 0 Å². The minimum Gasteiger partial charge on any atom is -0.296 e. The molecule has 0 spiro atoms. The Balaban J connectivity index is 2.17. The third-order valence-electron chi connectivity index (χ3n) is 2.93. The topological polar surface area (TPSA) is 47.3 Å². The van der Waals surface area contributed by atoms with Crippen molar-refractivity contribution < 1.29 is 4.79 Å². The van der Waals surface area contributed by atoms with Crippen molar-refractivity contribution in [2.45, 2.75) is 13.3 Å². The smallest absolute Gasteiger partial charge is 0.213 e. The predicted octanol–water partition coefficient (Wildman–Crippen LogP) is 2.83. The van der Waals surface area contributed by atoms with Gasteiger partial charge in [-0.3, -0.25) is 4.79 Å². The molecule has 0 N–H and O–H groups in total. The minimum absolute atomic E-state index is 0.510. The van der Waals surface area contributed by atoms with E-state index in [1.54, 1.807) is 10.0 Å². The average molecular weight is 257 g/mol. The van der Waals surface area contributed by atoms with Gasteiger partial charge >= 0.3 is 0 Å². The number of nitrogens with zero attached hydrogens (tertiary/aromatic N) is 3. The van der Waals surface area contributed by atoms with Crippen molar-refractivity contribution in [2.75, 3.05) is 0 Å². The molecular formula is C13H11N3OS. The summed E-state index contributed by atoms with van der Waals surface area (Å²) in [5.74, 6) is 0. The van der Waals surface area contributed by atoms with Gasteiger partial charge in [0.25, 0.3) is 0 Å². The maximum Gasteiger partial charge on any atom is 0.213 e. The predicted molar refractivity (Wildman–Crippen MR) is 71.1 cm³/mol. The van der Waals surface area contributed by atoms with Gasteiger partial charge in [-0.2, -0.15) is 9.61 Å². The largest absolute Gasteiger partial charge is 0.296 e. The van der Waals surface area contributed by atoms with Gasteiger partial charge in [0.1, 0.15) is 16.9 Å². The van der Waals surface area contributed by atoms with Crippen LogP contribution in [0.15, 0.2) is 29.8 Å². The zero-order valence-electron chi connectivity index (χ0n) is 9.83. The lowest BCUT2D eigenvalue weighted by Crippen LogP contribution is -1.93. The second-order valence-electron chi connectivity index (χ2n) is 3.95. The molecule has 0 radical (unpaired) electrons. The van der Waals surface area contributed by atoms with Gasteiger partial charge in [-0.15, -0.1) is 0 Å². The summed E-state index contributed by atoms with van der Waals surface area (Å²) in [6, 6.07) is 8.12. The lowest BCUT2D eigenvalue weighted by molar-refractivity contribution is 0.111. The molecule has 0 atom stereocenters. The van der Waals surface area contributed by atoms with E-state index in [0.717, 1.165) is 23.2 Å². The number of benzene rings is 1. The molecule has 2 aromatic heterocycles. The van der Waals surface area contributed by atoms with Crippen molar-refractivity contribution in [3.63, 3.8) is 0 Å². The van der Waals surface area contributed by atoms with Crippen LogP contribution in [0.4, 0.5) is 0 Å². The summed E-state index contributed by atoms with van der Waals surface area (Å²) >= 11 is 1.42. The van der Waals surface area contributed by atoms with E-state index in [0.29, 0.717) is 11.4 Å². The van der Waals surface area contributed by atoms with Crippen LogP contribution in [0.1, 0.15) is 23.0 Å². The molecule has 18 heavy (non-hydrogen) atoms. The van der Waals surface area contributed by atoms with Gasteiger partial charge in [-0.1, -0.05) is 42.5 Å². The van der Waals surface area contributed by atoms with Crippen LogP contribution in [0, 0.1) is 0 Å². The van der Waals surface area contributed by atoms with Gasteiger partial charge in [0.2, 0.25) is 4.96 Å². The number of fused-ring (bicyclic) bond motifs is 1. The monoisotopic (exact) mass is 257 g/mol. The molecule has 0 bridgehead atoms. The standard InChI is InChI=1S/C13H11N3OS/c1-2-9-3-5-10(6-4-9)12-11(7-17)16-13(15-12)18-8-14-16/h3-8H,2H2,1H3. The van der Waals surface area contributed by atoms with Gasteiger partial charge in [0, 0.05) is 5.56 Å². The molecule has 3 rings (SSSR count). The van der Waals surface area contributed by atoms with E-state index in [2.05, 4.69) is 29.1 Å². The summed E-state index contributed by atoms with van der Waals surface area (Å²) in [5.41, 5.74) is 5.11. The highest BCUT2D eigenvalue weighted by Crippen LogP contribution is 2.24. The molecule has 0 amide bonds. The molecule has 0 aliphatic rings. The van der Waals surface area contributed by atoms with E-state index in [-0.39, 0.29) is 0 Å². The van der Waals surface area contributed by atoms with Crippen molar-refractivity contribution in [2.24, 2.45) is 0 Å². The van der Waals surface area contributed by atoms with E-state index in [1.807, 2.05) is 12.1 Å². The van der Waals surface area contributed by atoms with Crippen molar-refractivity contribution in [3.05, 3.63) is 41.0 Å². The van der Waals surface area contributed by atoms with Crippen LogP contribution in [-0.4, -0.2) is 20.9 Å². The van der Waals surface area contributed by atoms with E-state index in [1.165, 1.54) is 16.9 Å². The molecule has 0 saturated carbocycles. The number of aldehydes is 1. The molecule has 0 aliphatic carbocycles. The summed E-state index contributed by atoms with van der Waals surface area (Å²) in [6.45, 7) is 2.11. The van der Waals surface area contributed by atoms with Crippen LogP contribution in [0.3, 0.4) is 0 Å². The summed E-state index contributed by atoms with van der Waals surface area (Å²) in [4.78, 5) is 16.4. The number of aryl methyl sites for hydroxylation is 1. The Hall–Kier alpha value is -2.01. The Kier molecular flexibility index (Phi) is 2.68. The van der Waals surface area contributed by atoms with Crippen molar-refractivity contribution in [1.29, 1.82) is 0 Å². The number of carbonyl (C=O) groups is 1. The molecule has 2 heterocycles. The Morgan fingerprint density at radius 3 is 2.78 bits per heavy atom. The first-order chi connectivity index (χ1) is 8.83. The molecule has 0 aliphatic heterocycles. The molecule has 5 heteroatoms. The number of imidazole rings is 1. The fourth-order valence-electron chi connectivity index (χ4n) is 1.93. The van der Waals surface area contributed by atoms with Gasteiger partial charge in [-0.25, -0.2) is 4.98 Å². The van der Waals surface area contributed by atoms with Crippen molar-refractivity contribution >= 4 is 22.6 Å². The van der Waals surface area contributed by atoms with Gasteiger partial charge in [-0.05, 0) is 12.0 Å². The molecule has 0 saturated heterocycles. The Labute approximate surface area is 108 Å².